The van der Waals surface area contributed by atoms with Crippen molar-refractivity contribution >= 4 is 11.9 Å². The topological polar surface area (TPSA) is 56.7 Å². The number of piperidine rings is 1. The first-order chi connectivity index (χ1) is 9.54. The molecule has 2 rings (SSSR count). The van der Waals surface area contributed by atoms with Crippen molar-refractivity contribution in [1.29, 1.82) is 0 Å². The highest BCUT2D eigenvalue weighted by molar-refractivity contribution is 5.81. The summed E-state index contributed by atoms with van der Waals surface area (Å²) in [7, 11) is 0. The van der Waals surface area contributed by atoms with E-state index in [0.29, 0.717) is 32.0 Å². The van der Waals surface area contributed by atoms with Crippen molar-refractivity contribution in [1.82, 2.24) is 15.5 Å². The van der Waals surface area contributed by atoms with Gasteiger partial charge in [0.05, 0.1) is 0 Å². The summed E-state index contributed by atoms with van der Waals surface area (Å²) in [5.41, 5.74) is -0.0592. The van der Waals surface area contributed by atoms with Crippen LogP contribution in [-0.4, -0.2) is 55.9 Å². The normalized spacial score (nSPS) is 27.3. The zero-order chi connectivity index (χ0) is 14.6. The highest BCUT2D eigenvalue weighted by atomic mass is 19.3. The summed E-state index contributed by atoms with van der Waals surface area (Å²) >= 11 is 0. The van der Waals surface area contributed by atoms with E-state index in [1.807, 2.05) is 11.8 Å². The maximum Gasteiger partial charge on any atom is 0.257 e. The summed E-state index contributed by atoms with van der Waals surface area (Å²) in [5.74, 6) is 0.618. The van der Waals surface area contributed by atoms with Crippen LogP contribution in [0, 0.1) is 5.41 Å². The maximum atomic E-state index is 12.3. The Labute approximate surface area is 117 Å². The highest BCUT2D eigenvalue weighted by Crippen LogP contribution is 2.35. The van der Waals surface area contributed by atoms with Crippen molar-refractivity contribution < 1.29 is 13.6 Å². The van der Waals surface area contributed by atoms with Crippen LogP contribution in [-0.2, 0) is 4.79 Å². The fraction of sp³-hybridized carbons (Fsp3) is 0.846. The van der Waals surface area contributed by atoms with Gasteiger partial charge in [-0.15, -0.1) is 0 Å². The third-order valence-corrected chi connectivity index (χ3v) is 3.87. The van der Waals surface area contributed by atoms with Crippen molar-refractivity contribution in [3.8, 4) is 0 Å². The Hall–Kier alpha value is -1.40. The van der Waals surface area contributed by atoms with Gasteiger partial charge in [-0.25, -0.2) is 13.8 Å². The standard InChI is InChI=1S/C13H22F2N4O/c1-2-16-12(17-7-10(14)15)19-5-3-4-13(9-19)6-11(20)18-8-13/h10H,2-9H2,1H3,(H,16,17)(H,18,20). The molecule has 5 nitrogen and oxygen atoms in total. The number of amides is 1. The Morgan fingerprint density at radius 2 is 2.40 bits per heavy atom. The lowest BCUT2D eigenvalue weighted by Gasteiger charge is -2.40. The molecule has 2 aliphatic heterocycles. The molecule has 2 fully saturated rings. The Kier molecular flexibility index (Phi) is 4.77. The SMILES string of the molecule is CCNC(=NCC(F)F)N1CCCC2(CNC(=O)C2)C1. The number of guanidine groups is 1. The number of carbonyl (C=O) groups is 1. The van der Waals surface area contributed by atoms with Gasteiger partial charge in [-0.3, -0.25) is 4.79 Å². The van der Waals surface area contributed by atoms with Crippen LogP contribution in [0.4, 0.5) is 8.78 Å². The van der Waals surface area contributed by atoms with Crippen molar-refractivity contribution in [2.45, 2.75) is 32.6 Å². The number of nitrogens with one attached hydrogen (secondary N) is 2. The predicted octanol–water partition coefficient (Wildman–Crippen LogP) is 0.819. The van der Waals surface area contributed by atoms with Gasteiger partial charge in [0.25, 0.3) is 6.43 Å². The van der Waals surface area contributed by atoms with Gasteiger partial charge in [-0.2, -0.15) is 0 Å². The molecule has 1 atom stereocenters. The maximum absolute atomic E-state index is 12.3. The molecular weight excluding hydrogens is 266 g/mol. The highest BCUT2D eigenvalue weighted by Gasteiger charge is 2.42. The predicted molar refractivity (Wildman–Crippen MR) is 72.8 cm³/mol. The fourth-order valence-corrected chi connectivity index (χ4v) is 3.01. The summed E-state index contributed by atoms with van der Waals surface area (Å²) in [6.45, 7) is 4.24. The number of alkyl halides is 2. The van der Waals surface area contributed by atoms with E-state index in [1.165, 1.54) is 0 Å². The molecule has 114 valence electrons. The van der Waals surface area contributed by atoms with Crippen LogP contribution < -0.4 is 10.6 Å². The Balaban J connectivity index is 2.05. The molecule has 2 saturated heterocycles. The molecule has 0 aromatic carbocycles. The number of nitrogens with zero attached hydrogens (tertiary/aromatic N) is 2. The van der Waals surface area contributed by atoms with E-state index in [9.17, 15) is 13.6 Å². The van der Waals surface area contributed by atoms with E-state index >= 15 is 0 Å². The molecule has 1 amide bonds. The molecule has 0 aromatic heterocycles. The summed E-state index contributed by atoms with van der Waals surface area (Å²) in [6.07, 6.45) is 0.0413. The van der Waals surface area contributed by atoms with Crippen LogP contribution in [0.3, 0.4) is 0 Å². The third kappa shape index (κ3) is 3.58. The van der Waals surface area contributed by atoms with E-state index < -0.39 is 13.0 Å². The average Bonchev–Trinajstić information content (AvgIpc) is 2.75. The number of rotatable bonds is 3. The van der Waals surface area contributed by atoms with Crippen LogP contribution >= 0.6 is 0 Å². The zero-order valence-electron chi connectivity index (χ0n) is 11.8. The molecule has 20 heavy (non-hydrogen) atoms. The van der Waals surface area contributed by atoms with E-state index in [4.69, 9.17) is 0 Å². The summed E-state index contributed by atoms with van der Waals surface area (Å²) < 4.78 is 24.7. The fourth-order valence-electron chi connectivity index (χ4n) is 3.01. The van der Waals surface area contributed by atoms with Crippen molar-refractivity contribution in [2.24, 2.45) is 10.4 Å². The van der Waals surface area contributed by atoms with Crippen LogP contribution in [0.1, 0.15) is 26.2 Å². The molecule has 0 radical (unpaired) electrons. The second-order valence-corrected chi connectivity index (χ2v) is 5.56. The van der Waals surface area contributed by atoms with Crippen LogP contribution in [0.2, 0.25) is 0 Å². The van der Waals surface area contributed by atoms with E-state index in [-0.39, 0.29) is 11.3 Å². The van der Waals surface area contributed by atoms with E-state index in [2.05, 4.69) is 15.6 Å². The lowest BCUT2D eigenvalue weighted by atomic mass is 9.79. The molecular formula is C13H22F2N4O. The molecule has 2 heterocycles. The van der Waals surface area contributed by atoms with E-state index in [1.54, 1.807) is 0 Å². The van der Waals surface area contributed by atoms with Gasteiger partial charge in [0, 0.05) is 38.0 Å². The smallest absolute Gasteiger partial charge is 0.257 e. The van der Waals surface area contributed by atoms with Gasteiger partial charge in [0.2, 0.25) is 5.91 Å². The number of aliphatic imine (C=N–C) groups is 1. The molecule has 0 aliphatic carbocycles. The van der Waals surface area contributed by atoms with E-state index in [0.717, 1.165) is 19.4 Å². The first-order valence-electron chi connectivity index (χ1n) is 7.13. The monoisotopic (exact) mass is 288 g/mol. The zero-order valence-corrected chi connectivity index (χ0v) is 11.8. The number of hydrogen-bond donors (Lipinski definition) is 2. The second kappa shape index (κ2) is 6.37. The van der Waals surface area contributed by atoms with Crippen LogP contribution in [0.15, 0.2) is 4.99 Å². The number of likely N-dealkylation sites (tertiary alicyclic amines) is 1. The molecule has 0 saturated carbocycles. The summed E-state index contributed by atoms with van der Waals surface area (Å²) in [6, 6.07) is 0. The number of carbonyl (C=O) groups excluding carboxylic acids is 1. The van der Waals surface area contributed by atoms with Crippen molar-refractivity contribution in [3.05, 3.63) is 0 Å². The Morgan fingerprint density at radius 1 is 1.60 bits per heavy atom. The molecule has 2 aliphatic rings. The van der Waals surface area contributed by atoms with Gasteiger partial charge < -0.3 is 15.5 Å². The number of hydrogen-bond acceptors (Lipinski definition) is 2. The summed E-state index contributed by atoms with van der Waals surface area (Å²) in [5, 5.41) is 5.94. The average molecular weight is 288 g/mol. The second-order valence-electron chi connectivity index (χ2n) is 5.56. The van der Waals surface area contributed by atoms with Crippen molar-refractivity contribution in [2.75, 3.05) is 32.7 Å². The minimum absolute atomic E-state index is 0.0592. The van der Waals surface area contributed by atoms with Gasteiger partial charge in [-0.05, 0) is 19.8 Å². The Morgan fingerprint density at radius 3 is 3.00 bits per heavy atom. The number of halogens is 2. The van der Waals surface area contributed by atoms with Crippen LogP contribution in [0.25, 0.3) is 0 Å². The summed E-state index contributed by atoms with van der Waals surface area (Å²) in [4.78, 5) is 17.5. The lowest BCUT2D eigenvalue weighted by molar-refractivity contribution is -0.119. The Bertz CT molecular complexity index is 389. The quantitative estimate of drug-likeness (QED) is 0.597. The lowest BCUT2D eigenvalue weighted by Crippen LogP contribution is -2.51. The largest absolute Gasteiger partial charge is 0.357 e. The minimum Gasteiger partial charge on any atom is -0.357 e. The first-order valence-corrected chi connectivity index (χ1v) is 7.13. The van der Waals surface area contributed by atoms with Gasteiger partial charge >= 0.3 is 0 Å². The molecule has 2 N–H and O–H groups in total. The molecule has 1 unspecified atom stereocenters. The van der Waals surface area contributed by atoms with Gasteiger partial charge in [0.1, 0.15) is 6.54 Å². The molecule has 1 spiro atoms. The van der Waals surface area contributed by atoms with Crippen LogP contribution in [0.5, 0.6) is 0 Å². The third-order valence-electron chi connectivity index (χ3n) is 3.87. The first kappa shape index (κ1) is 15.0. The molecule has 0 aromatic rings. The van der Waals surface area contributed by atoms with Gasteiger partial charge in [0.15, 0.2) is 5.96 Å². The minimum atomic E-state index is -2.43. The van der Waals surface area contributed by atoms with Crippen molar-refractivity contribution in [3.63, 3.8) is 0 Å². The molecule has 7 heteroatoms. The van der Waals surface area contributed by atoms with Gasteiger partial charge in [-0.1, -0.05) is 0 Å². The molecule has 0 bridgehead atoms.